The van der Waals surface area contributed by atoms with E-state index >= 15 is 0 Å². The molecule has 3 heteroatoms. The summed E-state index contributed by atoms with van der Waals surface area (Å²) >= 11 is 0. The highest BCUT2D eigenvalue weighted by molar-refractivity contribution is 5.92. The van der Waals surface area contributed by atoms with Crippen LogP contribution in [0.1, 0.15) is 28.4 Å². The highest BCUT2D eigenvalue weighted by Gasteiger charge is 2.11. The molecule has 0 heterocycles. The van der Waals surface area contributed by atoms with Crippen LogP contribution in [0, 0.1) is 23.7 Å². The molecule has 0 radical (unpaired) electrons. The first-order chi connectivity index (χ1) is 10.2. The van der Waals surface area contributed by atoms with Gasteiger partial charge >= 0.3 is 5.97 Å². The van der Waals surface area contributed by atoms with E-state index in [-0.39, 0.29) is 5.97 Å². The van der Waals surface area contributed by atoms with Crippen LogP contribution in [-0.2, 0) is 4.74 Å². The number of hydrogen-bond donors (Lipinski definition) is 0. The Morgan fingerprint density at radius 2 is 1.95 bits per heavy atom. The summed E-state index contributed by atoms with van der Waals surface area (Å²) in [5, 5.41) is 8.83. The van der Waals surface area contributed by atoms with Gasteiger partial charge in [-0.05, 0) is 48.4 Å². The van der Waals surface area contributed by atoms with Crippen molar-refractivity contribution in [3.8, 4) is 29.5 Å². The predicted octanol–water partition coefficient (Wildman–Crippen LogP) is 3.38. The summed E-state index contributed by atoms with van der Waals surface area (Å²) in [6.45, 7) is 2.08. The Labute approximate surface area is 123 Å². The number of terminal acetylenes is 1. The molecule has 0 aliphatic carbocycles. The second-order valence-electron chi connectivity index (χ2n) is 4.31. The molecular weight excluding hydrogens is 262 g/mol. The summed E-state index contributed by atoms with van der Waals surface area (Å²) in [5.74, 6) is 2.22. The quantitative estimate of drug-likeness (QED) is 0.637. The molecule has 2 rings (SSSR count). The van der Waals surface area contributed by atoms with Crippen molar-refractivity contribution in [1.29, 1.82) is 5.26 Å². The molecule has 0 saturated carbocycles. The predicted molar refractivity (Wildman–Crippen MR) is 80.5 cm³/mol. The summed E-state index contributed by atoms with van der Waals surface area (Å²) in [6, 6.07) is 14.2. The zero-order valence-electron chi connectivity index (χ0n) is 11.6. The van der Waals surface area contributed by atoms with Crippen molar-refractivity contribution in [3.63, 3.8) is 0 Å². The molecule has 0 atom stereocenters. The Hall–Kier alpha value is -3.04. The minimum atomic E-state index is -0.379. The highest BCUT2D eigenvalue weighted by Crippen LogP contribution is 2.25. The van der Waals surface area contributed by atoms with Crippen LogP contribution in [0.3, 0.4) is 0 Å². The minimum Gasteiger partial charge on any atom is -0.462 e. The topological polar surface area (TPSA) is 50.1 Å². The van der Waals surface area contributed by atoms with Crippen LogP contribution in [0.25, 0.3) is 11.1 Å². The minimum absolute atomic E-state index is 0.321. The largest absolute Gasteiger partial charge is 0.462 e. The van der Waals surface area contributed by atoms with E-state index in [1.54, 1.807) is 37.3 Å². The lowest BCUT2D eigenvalue weighted by molar-refractivity contribution is 0.0526. The van der Waals surface area contributed by atoms with Crippen molar-refractivity contribution in [2.24, 2.45) is 0 Å². The monoisotopic (exact) mass is 275 g/mol. The lowest BCUT2D eigenvalue weighted by atomic mass is 9.97. The van der Waals surface area contributed by atoms with Gasteiger partial charge in [0.1, 0.15) is 0 Å². The molecule has 0 amide bonds. The van der Waals surface area contributed by atoms with Crippen molar-refractivity contribution in [2.75, 3.05) is 6.61 Å². The van der Waals surface area contributed by atoms with Gasteiger partial charge in [0, 0.05) is 5.56 Å². The molecule has 0 fully saturated rings. The van der Waals surface area contributed by atoms with Crippen molar-refractivity contribution in [2.45, 2.75) is 6.92 Å². The summed E-state index contributed by atoms with van der Waals surface area (Å²) < 4.78 is 5.00. The Morgan fingerprint density at radius 1 is 1.24 bits per heavy atom. The molecule has 0 aromatic heterocycles. The fourth-order valence-corrected chi connectivity index (χ4v) is 1.97. The van der Waals surface area contributed by atoms with Crippen molar-refractivity contribution in [3.05, 3.63) is 59.2 Å². The molecule has 3 nitrogen and oxygen atoms in total. The van der Waals surface area contributed by atoms with E-state index in [1.807, 2.05) is 12.1 Å². The Kier molecular flexibility index (Phi) is 4.39. The van der Waals surface area contributed by atoms with Gasteiger partial charge in [-0.1, -0.05) is 18.1 Å². The maximum absolute atomic E-state index is 11.8. The van der Waals surface area contributed by atoms with Crippen LogP contribution < -0.4 is 0 Å². The van der Waals surface area contributed by atoms with E-state index < -0.39 is 0 Å². The highest BCUT2D eigenvalue weighted by atomic mass is 16.5. The van der Waals surface area contributed by atoms with E-state index in [2.05, 4.69) is 12.0 Å². The number of esters is 1. The number of nitrogens with zero attached hydrogens (tertiary/aromatic N) is 1. The number of hydrogen-bond acceptors (Lipinski definition) is 3. The van der Waals surface area contributed by atoms with Crippen LogP contribution in [0.4, 0.5) is 0 Å². The van der Waals surface area contributed by atoms with Gasteiger partial charge in [0.15, 0.2) is 0 Å². The molecule has 0 unspecified atom stereocenters. The molecule has 102 valence electrons. The van der Waals surface area contributed by atoms with Crippen LogP contribution in [0.2, 0.25) is 0 Å². The molecule has 0 bridgehead atoms. The summed E-state index contributed by atoms with van der Waals surface area (Å²) in [4.78, 5) is 11.8. The first-order valence-corrected chi connectivity index (χ1v) is 6.48. The average Bonchev–Trinajstić information content (AvgIpc) is 2.54. The lowest BCUT2D eigenvalue weighted by Crippen LogP contribution is -2.05. The Morgan fingerprint density at radius 3 is 2.52 bits per heavy atom. The number of ether oxygens (including phenoxy) is 1. The van der Waals surface area contributed by atoms with Crippen molar-refractivity contribution in [1.82, 2.24) is 0 Å². The van der Waals surface area contributed by atoms with E-state index in [4.69, 9.17) is 16.4 Å². The zero-order chi connectivity index (χ0) is 15.2. The van der Waals surface area contributed by atoms with Crippen LogP contribution in [0.15, 0.2) is 42.5 Å². The van der Waals surface area contributed by atoms with Crippen LogP contribution in [0.5, 0.6) is 0 Å². The fourth-order valence-electron chi connectivity index (χ4n) is 1.97. The van der Waals surface area contributed by atoms with Gasteiger partial charge in [-0.2, -0.15) is 5.26 Å². The van der Waals surface area contributed by atoms with Gasteiger partial charge < -0.3 is 4.74 Å². The molecule has 2 aromatic carbocycles. The molecule has 0 aliphatic rings. The molecule has 0 N–H and O–H groups in total. The number of carbonyl (C=O) groups excluding carboxylic acids is 1. The molecule has 21 heavy (non-hydrogen) atoms. The van der Waals surface area contributed by atoms with E-state index in [9.17, 15) is 4.79 Å². The van der Waals surface area contributed by atoms with Gasteiger partial charge in [-0.15, -0.1) is 6.42 Å². The Balaban J connectivity index is 2.50. The van der Waals surface area contributed by atoms with Crippen molar-refractivity contribution >= 4 is 5.97 Å². The van der Waals surface area contributed by atoms with Gasteiger partial charge in [0.2, 0.25) is 0 Å². The lowest BCUT2D eigenvalue weighted by Gasteiger charge is -2.08. The molecule has 2 aromatic rings. The van der Waals surface area contributed by atoms with Gasteiger partial charge in [0.25, 0.3) is 0 Å². The summed E-state index contributed by atoms with van der Waals surface area (Å²) in [6.07, 6.45) is 5.51. The Bertz CT molecular complexity index is 746. The third-order valence-electron chi connectivity index (χ3n) is 3.01. The SMILES string of the molecule is C#Cc1ccc(C(=O)OCC)cc1-c1ccc(C#N)cc1. The van der Waals surface area contributed by atoms with Gasteiger partial charge in [0.05, 0.1) is 23.8 Å². The van der Waals surface area contributed by atoms with E-state index in [0.29, 0.717) is 23.3 Å². The molecular formula is C18H13NO2. The summed E-state index contributed by atoms with van der Waals surface area (Å²) in [7, 11) is 0. The third kappa shape index (κ3) is 3.11. The van der Waals surface area contributed by atoms with Gasteiger partial charge in [-0.25, -0.2) is 4.79 Å². The molecule has 0 aliphatic heterocycles. The number of nitriles is 1. The number of benzene rings is 2. The standard InChI is InChI=1S/C18H13NO2/c1-3-14-9-10-16(18(20)21-4-2)11-17(14)15-7-5-13(12-19)6-8-15/h1,5-11H,4H2,2H3. The summed E-state index contributed by atoms with van der Waals surface area (Å²) in [5.41, 5.74) is 3.34. The second kappa shape index (κ2) is 6.41. The second-order valence-corrected chi connectivity index (χ2v) is 4.31. The third-order valence-corrected chi connectivity index (χ3v) is 3.01. The average molecular weight is 275 g/mol. The molecule has 0 spiro atoms. The van der Waals surface area contributed by atoms with E-state index in [1.165, 1.54) is 0 Å². The molecule has 0 saturated heterocycles. The fraction of sp³-hybridized carbons (Fsp3) is 0.111. The maximum Gasteiger partial charge on any atom is 0.338 e. The van der Waals surface area contributed by atoms with Crippen LogP contribution in [-0.4, -0.2) is 12.6 Å². The maximum atomic E-state index is 11.8. The van der Waals surface area contributed by atoms with Gasteiger partial charge in [-0.3, -0.25) is 0 Å². The normalized spacial score (nSPS) is 9.48. The number of carbonyl (C=O) groups is 1. The number of rotatable bonds is 3. The van der Waals surface area contributed by atoms with Crippen LogP contribution >= 0.6 is 0 Å². The smallest absolute Gasteiger partial charge is 0.338 e. The zero-order valence-corrected chi connectivity index (χ0v) is 11.6. The first kappa shape index (κ1) is 14.4. The van der Waals surface area contributed by atoms with Crippen molar-refractivity contribution < 1.29 is 9.53 Å². The van der Waals surface area contributed by atoms with E-state index in [0.717, 1.165) is 11.1 Å². The first-order valence-electron chi connectivity index (χ1n) is 6.48.